The van der Waals surface area contributed by atoms with Gasteiger partial charge in [0.15, 0.2) is 0 Å². The third-order valence-corrected chi connectivity index (χ3v) is 1.99. The van der Waals surface area contributed by atoms with Crippen molar-refractivity contribution in [2.45, 2.75) is 20.3 Å². The van der Waals surface area contributed by atoms with Gasteiger partial charge < -0.3 is 0 Å². The summed E-state index contributed by atoms with van der Waals surface area (Å²) in [5.41, 5.74) is 1.12. The third kappa shape index (κ3) is 4.28. The lowest BCUT2D eigenvalue weighted by atomic mass is 9.99. The lowest BCUT2D eigenvalue weighted by molar-refractivity contribution is 0.673. The first-order valence-corrected chi connectivity index (χ1v) is 4.53. The average Bonchev–Trinajstić information content (AvgIpc) is 2.22. The molecule has 0 aromatic carbocycles. The third-order valence-electron chi connectivity index (χ3n) is 1.99. The summed E-state index contributed by atoms with van der Waals surface area (Å²) in [5.74, 6) is 0.264. The highest BCUT2D eigenvalue weighted by molar-refractivity contribution is 5.34. The molecule has 0 aromatic rings. The fourth-order valence-electron chi connectivity index (χ4n) is 0.837. The predicted octanol–water partition coefficient (Wildman–Crippen LogP) is 3.12. The van der Waals surface area contributed by atoms with Crippen molar-refractivity contribution in [2.75, 3.05) is 0 Å². The van der Waals surface area contributed by atoms with Crippen LogP contribution in [0.4, 0.5) is 0 Å². The van der Waals surface area contributed by atoms with Gasteiger partial charge >= 0.3 is 0 Å². The second-order valence-electron chi connectivity index (χ2n) is 3.04. The van der Waals surface area contributed by atoms with Gasteiger partial charge in [0.25, 0.3) is 0 Å². The highest BCUT2D eigenvalue weighted by Gasteiger charge is 2.03. The molecule has 0 radical (unpaired) electrons. The predicted molar refractivity (Wildman–Crippen MR) is 57.0 cm³/mol. The van der Waals surface area contributed by atoms with Gasteiger partial charge in [-0.15, -0.1) is 0 Å². The Morgan fingerprint density at radius 1 is 1.43 bits per heavy atom. The summed E-state index contributed by atoms with van der Waals surface area (Å²) in [4.78, 5) is 0. The zero-order valence-corrected chi connectivity index (χ0v) is 8.62. The topological polar surface area (TPSA) is 47.6 Å². The molecule has 0 saturated heterocycles. The van der Waals surface area contributed by atoms with E-state index in [1.54, 1.807) is 18.2 Å². The molecular formula is C12H14N2. The van der Waals surface area contributed by atoms with E-state index >= 15 is 0 Å². The standard InChI is InChI=1S/C12H14N2/c1-4-11(3)12(9-14)7-5-6-10(2)8-13/h5-7,11H,2,4H2,1,3H3/b6-5-,12-7-/t11-/m1/s1. The molecule has 0 bridgehead atoms. The zero-order chi connectivity index (χ0) is 11.0. The molecule has 0 amide bonds. The molecule has 0 spiro atoms. The van der Waals surface area contributed by atoms with E-state index in [0.29, 0.717) is 5.57 Å². The Morgan fingerprint density at radius 2 is 2.07 bits per heavy atom. The maximum absolute atomic E-state index is 8.81. The van der Waals surface area contributed by atoms with Crippen molar-refractivity contribution in [1.82, 2.24) is 0 Å². The molecule has 0 aliphatic carbocycles. The molecule has 0 rings (SSSR count). The van der Waals surface area contributed by atoms with E-state index in [9.17, 15) is 0 Å². The van der Waals surface area contributed by atoms with Crippen LogP contribution in [0.15, 0.2) is 36.0 Å². The van der Waals surface area contributed by atoms with Gasteiger partial charge in [-0.05, 0) is 24.5 Å². The smallest absolute Gasteiger partial charge is 0.0985 e. The molecule has 0 aliphatic rings. The van der Waals surface area contributed by atoms with Gasteiger partial charge in [-0.3, -0.25) is 0 Å². The minimum Gasteiger partial charge on any atom is -0.193 e. The van der Waals surface area contributed by atoms with Crippen molar-refractivity contribution in [1.29, 1.82) is 10.5 Å². The second kappa shape index (κ2) is 6.69. The van der Waals surface area contributed by atoms with Crippen LogP contribution in [-0.4, -0.2) is 0 Å². The Bertz CT molecular complexity index is 334. The van der Waals surface area contributed by atoms with Crippen LogP contribution in [0.1, 0.15) is 20.3 Å². The van der Waals surface area contributed by atoms with E-state index in [0.717, 1.165) is 12.0 Å². The number of hydrogen-bond acceptors (Lipinski definition) is 2. The molecule has 2 heteroatoms. The van der Waals surface area contributed by atoms with Gasteiger partial charge in [-0.25, -0.2) is 0 Å². The van der Waals surface area contributed by atoms with Gasteiger partial charge in [0, 0.05) is 11.1 Å². The summed E-state index contributed by atoms with van der Waals surface area (Å²) in [5, 5.41) is 17.2. The van der Waals surface area contributed by atoms with E-state index < -0.39 is 0 Å². The largest absolute Gasteiger partial charge is 0.193 e. The molecular weight excluding hydrogens is 172 g/mol. The van der Waals surface area contributed by atoms with Gasteiger partial charge in [0.1, 0.15) is 0 Å². The summed E-state index contributed by atoms with van der Waals surface area (Å²) in [6.07, 6.45) is 5.96. The van der Waals surface area contributed by atoms with E-state index in [-0.39, 0.29) is 5.92 Å². The van der Waals surface area contributed by atoms with Crippen LogP contribution in [0.25, 0.3) is 0 Å². The first-order valence-electron chi connectivity index (χ1n) is 4.53. The lowest BCUT2D eigenvalue weighted by Crippen LogP contribution is -1.94. The fourth-order valence-corrected chi connectivity index (χ4v) is 0.837. The van der Waals surface area contributed by atoms with Crippen LogP contribution in [0.3, 0.4) is 0 Å². The molecule has 72 valence electrons. The Labute approximate surface area is 85.5 Å². The van der Waals surface area contributed by atoms with Crippen LogP contribution in [0.2, 0.25) is 0 Å². The quantitative estimate of drug-likeness (QED) is 0.500. The highest BCUT2D eigenvalue weighted by atomic mass is 14.3. The van der Waals surface area contributed by atoms with Crippen molar-refractivity contribution >= 4 is 0 Å². The summed E-state index contributed by atoms with van der Waals surface area (Å²) >= 11 is 0. The molecule has 0 heterocycles. The SMILES string of the molecule is C=C(C#N)/C=C\C=C(\C#N)[C@H](C)CC. The summed E-state index contributed by atoms with van der Waals surface area (Å²) in [6.45, 7) is 7.54. The Balaban J connectivity index is 4.51. The normalized spacial score (nSPS) is 13.3. The molecule has 0 aliphatic heterocycles. The molecule has 14 heavy (non-hydrogen) atoms. The average molecular weight is 186 g/mol. The van der Waals surface area contributed by atoms with Crippen molar-refractivity contribution in [2.24, 2.45) is 5.92 Å². The molecule has 1 atom stereocenters. The van der Waals surface area contributed by atoms with Crippen molar-refractivity contribution in [3.05, 3.63) is 36.0 Å². The maximum atomic E-state index is 8.81. The van der Waals surface area contributed by atoms with Crippen molar-refractivity contribution in [3.63, 3.8) is 0 Å². The summed E-state index contributed by atoms with van der Waals surface area (Å²) < 4.78 is 0. The first kappa shape index (κ1) is 12.2. The Kier molecular flexibility index (Phi) is 5.83. The highest BCUT2D eigenvalue weighted by Crippen LogP contribution is 2.13. The van der Waals surface area contributed by atoms with Gasteiger partial charge in [0.05, 0.1) is 12.1 Å². The maximum Gasteiger partial charge on any atom is 0.0985 e. The molecule has 0 N–H and O–H groups in total. The monoisotopic (exact) mass is 186 g/mol. The zero-order valence-electron chi connectivity index (χ0n) is 8.62. The van der Waals surface area contributed by atoms with Crippen molar-refractivity contribution in [3.8, 4) is 12.1 Å². The van der Waals surface area contributed by atoms with Gasteiger partial charge in [-0.1, -0.05) is 26.5 Å². The molecule has 2 nitrogen and oxygen atoms in total. The summed E-state index contributed by atoms with van der Waals surface area (Å²) in [6, 6.07) is 4.05. The van der Waals surface area contributed by atoms with Crippen LogP contribution in [0.5, 0.6) is 0 Å². The number of hydrogen-bond donors (Lipinski definition) is 0. The Hall–Kier alpha value is -1.80. The molecule has 0 unspecified atom stereocenters. The van der Waals surface area contributed by atoms with E-state index in [1.807, 2.05) is 19.9 Å². The van der Waals surface area contributed by atoms with Crippen LogP contribution in [0, 0.1) is 28.6 Å². The summed E-state index contributed by atoms with van der Waals surface area (Å²) in [7, 11) is 0. The lowest BCUT2D eigenvalue weighted by Gasteiger charge is -2.03. The number of allylic oxidation sites excluding steroid dienone is 5. The molecule has 0 saturated carbocycles. The second-order valence-corrected chi connectivity index (χ2v) is 3.04. The number of nitriles is 2. The van der Waals surface area contributed by atoms with E-state index in [4.69, 9.17) is 10.5 Å². The van der Waals surface area contributed by atoms with Crippen molar-refractivity contribution < 1.29 is 0 Å². The molecule has 0 fully saturated rings. The van der Waals surface area contributed by atoms with E-state index in [2.05, 4.69) is 12.6 Å². The van der Waals surface area contributed by atoms with E-state index in [1.165, 1.54) is 0 Å². The Morgan fingerprint density at radius 3 is 2.50 bits per heavy atom. The minimum absolute atomic E-state index is 0.264. The number of rotatable bonds is 4. The van der Waals surface area contributed by atoms with Gasteiger partial charge in [0.2, 0.25) is 0 Å². The van der Waals surface area contributed by atoms with Crippen LogP contribution in [-0.2, 0) is 0 Å². The van der Waals surface area contributed by atoms with Gasteiger partial charge in [-0.2, -0.15) is 10.5 Å². The number of nitrogens with zero attached hydrogens (tertiary/aromatic N) is 2. The minimum atomic E-state index is 0.264. The fraction of sp³-hybridized carbons (Fsp3) is 0.333. The first-order chi connectivity index (χ1) is 6.65. The molecule has 0 aromatic heterocycles. The van der Waals surface area contributed by atoms with Crippen LogP contribution < -0.4 is 0 Å². The van der Waals surface area contributed by atoms with Crippen LogP contribution >= 0.6 is 0 Å².